The first-order chi connectivity index (χ1) is 14.1. The second kappa shape index (κ2) is 10.6. The molecule has 29 heavy (non-hydrogen) atoms. The van der Waals surface area contributed by atoms with Crippen LogP contribution in [0.1, 0.15) is 45.4 Å². The summed E-state index contributed by atoms with van der Waals surface area (Å²) in [6.07, 6.45) is 4.50. The standard InChI is InChI=1S/C20H28N4O4S/c1-2-28-20(27)15-9-11-24(12-10-15)18(25)4-3-13-29-17-8-7-16(22-23-17)21-19(26)14-5-6-14/h7-8,14-15H,2-6,9-13H2,1H3,(H,21,22,26). The second-order valence-electron chi connectivity index (χ2n) is 7.38. The van der Waals surface area contributed by atoms with E-state index in [2.05, 4.69) is 15.5 Å². The monoisotopic (exact) mass is 420 g/mol. The summed E-state index contributed by atoms with van der Waals surface area (Å²) in [6.45, 7) is 3.45. The fraction of sp³-hybridized carbons (Fsp3) is 0.650. The van der Waals surface area contributed by atoms with Crippen LogP contribution in [0.4, 0.5) is 5.82 Å². The van der Waals surface area contributed by atoms with E-state index in [-0.39, 0.29) is 29.6 Å². The number of piperidine rings is 1. The van der Waals surface area contributed by atoms with Gasteiger partial charge >= 0.3 is 5.97 Å². The summed E-state index contributed by atoms with van der Waals surface area (Å²) >= 11 is 1.55. The molecule has 1 saturated carbocycles. The van der Waals surface area contributed by atoms with Crippen molar-refractivity contribution in [2.75, 3.05) is 30.8 Å². The lowest BCUT2D eigenvalue weighted by atomic mass is 9.97. The molecule has 9 heteroatoms. The first kappa shape index (κ1) is 21.5. The van der Waals surface area contributed by atoms with Crippen molar-refractivity contribution in [2.24, 2.45) is 11.8 Å². The number of carbonyl (C=O) groups is 3. The van der Waals surface area contributed by atoms with Gasteiger partial charge in [-0.1, -0.05) is 0 Å². The zero-order valence-electron chi connectivity index (χ0n) is 16.8. The molecular formula is C20H28N4O4S. The number of esters is 1. The Morgan fingerprint density at radius 2 is 1.90 bits per heavy atom. The third-order valence-electron chi connectivity index (χ3n) is 5.09. The number of rotatable bonds is 9. The number of likely N-dealkylation sites (tertiary alicyclic amines) is 1. The summed E-state index contributed by atoms with van der Waals surface area (Å²) in [4.78, 5) is 37.7. The lowest BCUT2D eigenvalue weighted by Gasteiger charge is -2.31. The third kappa shape index (κ3) is 6.69. The van der Waals surface area contributed by atoms with Crippen molar-refractivity contribution < 1.29 is 19.1 Å². The van der Waals surface area contributed by atoms with Crippen molar-refractivity contribution in [3.05, 3.63) is 12.1 Å². The molecule has 0 aromatic carbocycles. The average Bonchev–Trinajstić information content (AvgIpc) is 3.58. The van der Waals surface area contributed by atoms with Crippen LogP contribution in [0.2, 0.25) is 0 Å². The van der Waals surface area contributed by atoms with E-state index in [4.69, 9.17) is 4.74 Å². The highest BCUT2D eigenvalue weighted by molar-refractivity contribution is 7.99. The van der Waals surface area contributed by atoms with Gasteiger partial charge in [0.2, 0.25) is 11.8 Å². The number of thioether (sulfide) groups is 1. The van der Waals surface area contributed by atoms with Gasteiger partial charge in [-0.3, -0.25) is 14.4 Å². The van der Waals surface area contributed by atoms with E-state index in [9.17, 15) is 14.4 Å². The molecule has 2 amide bonds. The Morgan fingerprint density at radius 3 is 2.52 bits per heavy atom. The third-order valence-corrected chi connectivity index (χ3v) is 6.10. The fourth-order valence-corrected chi connectivity index (χ4v) is 3.98. The van der Waals surface area contributed by atoms with E-state index in [1.807, 2.05) is 17.9 Å². The van der Waals surface area contributed by atoms with Gasteiger partial charge in [-0.15, -0.1) is 22.0 Å². The van der Waals surface area contributed by atoms with Gasteiger partial charge < -0.3 is 15.0 Å². The Hall–Kier alpha value is -2.16. The zero-order chi connectivity index (χ0) is 20.6. The molecule has 3 rings (SSSR count). The minimum absolute atomic E-state index is 0.0181. The molecule has 1 aromatic heterocycles. The van der Waals surface area contributed by atoms with Crippen LogP contribution in [-0.4, -0.2) is 58.3 Å². The predicted octanol–water partition coefficient (Wildman–Crippen LogP) is 2.50. The minimum Gasteiger partial charge on any atom is -0.466 e. The molecule has 0 spiro atoms. The van der Waals surface area contributed by atoms with Gasteiger partial charge in [-0.25, -0.2) is 0 Å². The molecule has 8 nitrogen and oxygen atoms in total. The van der Waals surface area contributed by atoms with E-state index >= 15 is 0 Å². The molecule has 2 fully saturated rings. The highest BCUT2D eigenvalue weighted by Gasteiger charge is 2.30. The van der Waals surface area contributed by atoms with Crippen LogP contribution in [0, 0.1) is 11.8 Å². The topological polar surface area (TPSA) is 101 Å². The number of amides is 2. The molecule has 1 aromatic rings. The molecule has 1 N–H and O–H groups in total. The normalized spacial score (nSPS) is 17.1. The van der Waals surface area contributed by atoms with Crippen LogP contribution in [0.5, 0.6) is 0 Å². The fourth-order valence-electron chi connectivity index (χ4n) is 3.22. The average molecular weight is 421 g/mol. The highest BCUT2D eigenvalue weighted by atomic mass is 32.2. The van der Waals surface area contributed by atoms with Gasteiger partial charge in [-0.2, -0.15) is 0 Å². The lowest BCUT2D eigenvalue weighted by molar-refractivity contribution is -0.151. The van der Waals surface area contributed by atoms with E-state index < -0.39 is 0 Å². The Balaban J connectivity index is 1.30. The second-order valence-corrected chi connectivity index (χ2v) is 8.49. The van der Waals surface area contributed by atoms with Crippen LogP contribution < -0.4 is 5.32 Å². The van der Waals surface area contributed by atoms with Gasteiger partial charge in [0.05, 0.1) is 12.5 Å². The van der Waals surface area contributed by atoms with Crippen molar-refractivity contribution in [3.63, 3.8) is 0 Å². The molecule has 0 atom stereocenters. The number of ether oxygens (including phenoxy) is 1. The predicted molar refractivity (Wildman–Crippen MR) is 109 cm³/mol. The summed E-state index contributed by atoms with van der Waals surface area (Å²) in [5.74, 6) is 1.32. The number of hydrogen-bond acceptors (Lipinski definition) is 7. The number of nitrogens with zero attached hydrogens (tertiary/aromatic N) is 3. The van der Waals surface area contributed by atoms with Gasteiger partial charge in [-0.05, 0) is 51.2 Å². The van der Waals surface area contributed by atoms with E-state index in [0.717, 1.165) is 30.0 Å². The first-order valence-electron chi connectivity index (χ1n) is 10.3. The molecule has 0 radical (unpaired) electrons. The minimum atomic E-state index is -0.143. The molecule has 2 aliphatic rings. The summed E-state index contributed by atoms with van der Waals surface area (Å²) < 4.78 is 5.06. The van der Waals surface area contributed by atoms with Crippen LogP contribution >= 0.6 is 11.8 Å². The van der Waals surface area contributed by atoms with Crippen molar-refractivity contribution in [2.45, 2.75) is 50.5 Å². The number of hydrogen-bond donors (Lipinski definition) is 1. The van der Waals surface area contributed by atoms with E-state index in [1.165, 1.54) is 0 Å². The zero-order valence-corrected chi connectivity index (χ0v) is 17.6. The van der Waals surface area contributed by atoms with Crippen LogP contribution in [0.25, 0.3) is 0 Å². The number of aromatic nitrogens is 2. The summed E-state index contributed by atoms with van der Waals surface area (Å²) in [6, 6.07) is 3.59. The molecular weight excluding hydrogens is 392 g/mol. The largest absolute Gasteiger partial charge is 0.466 e. The summed E-state index contributed by atoms with van der Waals surface area (Å²) in [5, 5.41) is 11.7. The molecule has 1 aliphatic carbocycles. The van der Waals surface area contributed by atoms with Crippen molar-refractivity contribution >= 4 is 35.4 Å². The molecule has 0 unspecified atom stereocenters. The molecule has 1 saturated heterocycles. The maximum atomic E-state index is 12.4. The van der Waals surface area contributed by atoms with Crippen molar-refractivity contribution in [1.29, 1.82) is 0 Å². The summed E-state index contributed by atoms with van der Waals surface area (Å²) in [5.41, 5.74) is 0. The quantitative estimate of drug-likeness (QED) is 0.372. The maximum Gasteiger partial charge on any atom is 0.309 e. The van der Waals surface area contributed by atoms with Crippen molar-refractivity contribution in [1.82, 2.24) is 15.1 Å². The van der Waals surface area contributed by atoms with Crippen molar-refractivity contribution in [3.8, 4) is 0 Å². The highest BCUT2D eigenvalue weighted by Crippen LogP contribution is 2.30. The number of nitrogens with one attached hydrogen (secondary N) is 1. The number of anilines is 1. The molecule has 0 bridgehead atoms. The van der Waals surface area contributed by atoms with E-state index in [1.54, 1.807) is 17.8 Å². The Labute approximate surface area is 175 Å². The smallest absolute Gasteiger partial charge is 0.309 e. The SMILES string of the molecule is CCOC(=O)C1CCN(C(=O)CCCSc2ccc(NC(=O)C3CC3)nn2)CC1. The maximum absolute atomic E-state index is 12.4. The van der Waals surface area contributed by atoms with Gasteiger partial charge in [0, 0.05) is 31.2 Å². The summed E-state index contributed by atoms with van der Waals surface area (Å²) in [7, 11) is 0. The van der Waals surface area contributed by atoms with Gasteiger partial charge in [0.25, 0.3) is 0 Å². The van der Waals surface area contributed by atoms with Crippen LogP contribution in [0.3, 0.4) is 0 Å². The Kier molecular flexibility index (Phi) is 7.85. The van der Waals surface area contributed by atoms with Gasteiger partial charge in [0.1, 0.15) is 5.03 Å². The van der Waals surface area contributed by atoms with Crippen LogP contribution in [0.15, 0.2) is 17.2 Å². The Morgan fingerprint density at radius 1 is 1.14 bits per heavy atom. The number of carbonyl (C=O) groups excluding carboxylic acids is 3. The van der Waals surface area contributed by atoms with E-state index in [0.29, 0.717) is 44.8 Å². The molecule has 158 valence electrons. The molecule has 1 aliphatic heterocycles. The Bertz CT molecular complexity index is 716. The first-order valence-corrected chi connectivity index (χ1v) is 11.3. The molecule has 2 heterocycles. The van der Waals surface area contributed by atoms with Gasteiger partial charge in [0.15, 0.2) is 5.82 Å². The lowest BCUT2D eigenvalue weighted by Crippen LogP contribution is -2.40. The van der Waals surface area contributed by atoms with Crippen LogP contribution in [-0.2, 0) is 19.1 Å².